The van der Waals surface area contributed by atoms with Crippen LogP contribution >= 0.6 is 0 Å². The molecule has 1 aliphatic heterocycles. The highest BCUT2D eigenvalue weighted by molar-refractivity contribution is 5.54. The number of benzene rings is 1. The number of aryl methyl sites for hydroxylation is 1. The van der Waals surface area contributed by atoms with E-state index in [1.54, 1.807) is 0 Å². The predicted molar refractivity (Wildman–Crippen MR) is 70.2 cm³/mol. The van der Waals surface area contributed by atoms with Crippen LogP contribution in [0.2, 0.25) is 0 Å². The highest BCUT2D eigenvalue weighted by Gasteiger charge is 2.22. The molecule has 1 aromatic rings. The molecule has 0 unspecified atom stereocenters. The minimum Gasteiger partial charge on any atom is -0.366 e. The molecule has 0 radical (unpaired) electrons. The van der Waals surface area contributed by atoms with Gasteiger partial charge in [0.2, 0.25) is 0 Å². The van der Waals surface area contributed by atoms with E-state index < -0.39 is 0 Å². The summed E-state index contributed by atoms with van der Waals surface area (Å²) in [6.07, 6.45) is 0. The number of hydrogen-bond acceptors (Lipinski definition) is 3. The smallest absolute Gasteiger partial charge is 0.0994 e. The van der Waals surface area contributed by atoms with Crippen molar-refractivity contribution < 1.29 is 0 Å². The monoisotopic (exact) mass is 229 g/mol. The predicted octanol–water partition coefficient (Wildman–Crippen LogP) is 2.05. The molecular formula is C14H19N3. The van der Waals surface area contributed by atoms with Crippen LogP contribution in [0.4, 0.5) is 5.69 Å². The first kappa shape index (κ1) is 11.9. The lowest BCUT2D eigenvalue weighted by Gasteiger charge is -2.39. The third kappa shape index (κ3) is 2.42. The van der Waals surface area contributed by atoms with Crippen LogP contribution in [-0.4, -0.2) is 25.2 Å². The normalized spacial score (nSPS) is 24.5. The van der Waals surface area contributed by atoms with Crippen molar-refractivity contribution >= 4 is 5.69 Å². The van der Waals surface area contributed by atoms with E-state index >= 15 is 0 Å². The van der Waals surface area contributed by atoms with Gasteiger partial charge in [0.05, 0.1) is 11.6 Å². The number of nitrogens with one attached hydrogen (secondary N) is 1. The first-order valence-corrected chi connectivity index (χ1v) is 6.12. The standard InChI is InChI=1S/C14H19N3/c1-10-6-14(5-4-13(10)7-15)17-9-11(2)16-8-12(17)3/h4-6,11-12,16H,8-9H2,1-3H3/t11-,12+/m0/s1. The molecule has 1 N–H and O–H groups in total. The van der Waals surface area contributed by atoms with E-state index in [4.69, 9.17) is 5.26 Å². The van der Waals surface area contributed by atoms with Gasteiger partial charge in [-0.1, -0.05) is 0 Å². The van der Waals surface area contributed by atoms with Gasteiger partial charge in [-0.2, -0.15) is 5.26 Å². The molecule has 90 valence electrons. The maximum Gasteiger partial charge on any atom is 0.0994 e. The molecule has 3 heteroatoms. The molecule has 3 nitrogen and oxygen atoms in total. The molecule has 0 saturated carbocycles. The van der Waals surface area contributed by atoms with Crippen LogP contribution in [0.3, 0.4) is 0 Å². The van der Waals surface area contributed by atoms with Gasteiger partial charge in [0, 0.05) is 30.9 Å². The molecule has 0 spiro atoms. The van der Waals surface area contributed by atoms with E-state index in [9.17, 15) is 0 Å². The minimum atomic E-state index is 0.499. The molecule has 1 heterocycles. The zero-order valence-electron chi connectivity index (χ0n) is 10.7. The summed E-state index contributed by atoms with van der Waals surface area (Å²) in [7, 11) is 0. The largest absolute Gasteiger partial charge is 0.366 e. The van der Waals surface area contributed by atoms with Gasteiger partial charge in [0.15, 0.2) is 0 Å². The van der Waals surface area contributed by atoms with Crippen LogP contribution in [0.1, 0.15) is 25.0 Å². The zero-order chi connectivity index (χ0) is 12.4. The van der Waals surface area contributed by atoms with E-state index in [1.165, 1.54) is 5.69 Å². The summed E-state index contributed by atoms with van der Waals surface area (Å²) in [6.45, 7) is 8.47. The van der Waals surface area contributed by atoms with Crippen LogP contribution in [0.15, 0.2) is 18.2 Å². The molecule has 1 aromatic carbocycles. The fourth-order valence-electron chi connectivity index (χ4n) is 2.33. The first-order chi connectivity index (χ1) is 8.11. The van der Waals surface area contributed by atoms with Crippen molar-refractivity contribution in [3.8, 4) is 6.07 Å². The Morgan fingerprint density at radius 2 is 2.18 bits per heavy atom. The first-order valence-electron chi connectivity index (χ1n) is 6.12. The van der Waals surface area contributed by atoms with Crippen LogP contribution in [0, 0.1) is 18.3 Å². The van der Waals surface area contributed by atoms with Crippen molar-refractivity contribution in [3.05, 3.63) is 29.3 Å². The van der Waals surface area contributed by atoms with Crippen LogP contribution < -0.4 is 10.2 Å². The molecule has 2 atom stereocenters. The van der Waals surface area contributed by atoms with Crippen molar-refractivity contribution in [3.63, 3.8) is 0 Å². The fourth-order valence-corrected chi connectivity index (χ4v) is 2.33. The number of rotatable bonds is 1. The summed E-state index contributed by atoms with van der Waals surface area (Å²) in [5.74, 6) is 0. The Morgan fingerprint density at radius 1 is 1.41 bits per heavy atom. The Hall–Kier alpha value is -1.53. The SMILES string of the molecule is Cc1cc(N2C[C@H](C)NC[C@H]2C)ccc1C#N. The number of nitrogens with zero attached hydrogens (tertiary/aromatic N) is 2. The van der Waals surface area contributed by atoms with Gasteiger partial charge in [-0.05, 0) is 44.5 Å². The lowest BCUT2D eigenvalue weighted by Crippen LogP contribution is -2.54. The Morgan fingerprint density at radius 3 is 2.82 bits per heavy atom. The average molecular weight is 229 g/mol. The van der Waals surface area contributed by atoms with Crippen molar-refractivity contribution in [1.82, 2.24) is 5.32 Å². The lowest BCUT2D eigenvalue weighted by molar-refractivity contribution is 0.425. The number of anilines is 1. The Labute approximate surface area is 103 Å². The van der Waals surface area contributed by atoms with Crippen molar-refractivity contribution in [2.75, 3.05) is 18.0 Å². The van der Waals surface area contributed by atoms with Gasteiger partial charge in [-0.3, -0.25) is 0 Å². The summed E-state index contributed by atoms with van der Waals surface area (Å²) in [4.78, 5) is 2.41. The number of piperazine rings is 1. The molecule has 0 aromatic heterocycles. The van der Waals surface area contributed by atoms with Gasteiger partial charge >= 0.3 is 0 Å². The van der Waals surface area contributed by atoms with Crippen LogP contribution in [0.25, 0.3) is 0 Å². The van der Waals surface area contributed by atoms with E-state index in [-0.39, 0.29) is 0 Å². The number of nitriles is 1. The third-order valence-corrected chi connectivity index (χ3v) is 3.43. The maximum absolute atomic E-state index is 8.94. The van der Waals surface area contributed by atoms with Gasteiger partial charge < -0.3 is 10.2 Å². The summed E-state index contributed by atoms with van der Waals surface area (Å²) >= 11 is 0. The Balaban J connectivity index is 2.27. The highest BCUT2D eigenvalue weighted by atomic mass is 15.2. The van der Waals surface area contributed by atoms with E-state index in [0.29, 0.717) is 12.1 Å². The van der Waals surface area contributed by atoms with Crippen molar-refractivity contribution in [2.24, 2.45) is 0 Å². The summed E-state index contributed by atoms with van der Waals surface area (Å²) in [5.41, 5.74) is 3.05. The second-order valence-corrected chi connectivity index (χ2v) is 4.92. The average Bonchev–Trinajstić information content (AvgIpc) is 2.32. The molecule has 2 rings (SSSR count). The highest BCUT2D eigenvalue weighted by Crippen LogP contribution is 2.22. The van der Waals surface area contributed by atoms with E-state index in [1.807, 2.05) is 13.0 Å². The van der Waals surface area contributed by atoms with Crippen LogP contribution in [0.5, 0.6) is 0 Å². The maximum atomic E-state index is 8.94. The Bertz CT molecular complexity index is 447. The molecule has 1 fully saturated rings. The van der Waals surface area contributed by atoms with Gasteiger partial charge in [-0.15, -0.1) is 0 Å². The topological polar surface area (TPSA) is 39.1 Å². The quantitative estimate of drug-likeness (QED) is 0.801. The van der Waals surface area contributed by atoms with Gasteiger partial charge in [-0.25, -0.2) is 0 Å². The molecule has 17 heavy (non-hydrogen) atoms. The molecule has 0 amide bonds. The molecular weight excluding hydrogens is 210 g/mol. The van der Waals surface area contributed by atoms with Crippen molar-refractivity contribution in [1.29, 1.82) is 5.26 Å². The summed E-state index contributed by atoms with van der Waals surface area (Å²) < 4.78 is 0. The molecule has 1 aliphatic rings. The number of hydrogen-bond donors (Lipinski definition) is 1. The van der Waals surface area contributed by atoms with E-state index in [2.05, 4.69) is 42.3 Å². The van der Waals surface area contributed by atoms with Crippen LogP contribution in [-0.2, 0) is 0 Å². The Kier molecular flexibility index (Phi) is 3.35. The minimum absolute atomic E-state index is 0.499. The second-order valence-electron chi connectivity index (χ2n) is 4.92. The third-order valence-electron chi connectivity index (χ3n) is 3.43. The van der Waals surface area contributed by atoms with Crippen molar-refractivity contribution in [2.45, 2.75) is 32.9 Å². The summed E-state index contributed by atoms with van der Waals surface area (Å²) in [5, 5.41) is 12.4. The molecule has 0 aliphatic carbocycles. The van der Waals surface area contributed by atoms with E-state index in [0.717, 1.165) is 24.2 Å². The zero-order valence-corrected chi connectivity index (χ0v) is 10.7. The molecule has 0 bridgehead atoms. The second kappa shape index (κ2) is 4.77. The lowest BCUT2D eigenvalue weighted by atomic mass is 10.1. The summed E-state index contributed by atoms with van der Waals surface area (Å²) in [6, 6.07) is 9.32. The fraction of sp³-hybridized carbons (Fsp3) is 0.500. The van der Waals surface area contributed by atoms with Gasteiger partial charge in [0.1, 0.15) is 0 Å². The molecule has 1 saturated heterocycles. The van der Waals surface area contributed by atoms with Gasteiger partial charge in [0.25, 0.3) is 0 Å².